The molecule has 5 heteroatoms. The highest BCUT2D eigenvalue weighted by molar-refractivity contribution is 7.98. The van der Waals surface area contributed by atoms with Crippen molar-refractivity contribution in [2.24, 2.45) is 11.7 Å². The van der Waals surface area contributed by atoms with Crippen LogP contribution in [0.4, 0.5) is 0 Å². The molecule has 1 aromatic rings. The number of hydrogen-bond donors (Lipinski definition) is 2. The Hall–Kier alpha value is -0.710. The van der Waals surface area contributed by atoms with E-state index in [4.69, 9.17) is 5.73 Å². The molecule has 3 N–H and O–H groups in total. The van der Waals surface area contributed by atoms with E-state index in [0.717, 1.165) is 35.3 Å². The molecule has 2 unspecified atom stereocenters. The van der Waals surface area contributed by atoms with E-state index in [-0.39, 0.29) is 24.4 Å². The van der Waals surface area contributed by atoms with Gasteiger partial charge in [0.1, 0.15) is 0 Å². The van der Waals surface area contributed by atoms with Gasteiger partial charge in [0.05, 0.1) is 0 Å². The summed E-state index contributed by atoms with van der Waals surface area (Å²) in [6.45, 7) is 2.64. The predicted octanol–water partition coefficient (Wildman–Crippen LogP) is 3.00. The summed E-state index contributed by atoms with van der Waals surface area (Å²) in [5.74, 6) is 0.478. The van der Waals surface area contributed by atoms with Gasteiger partial charge in [0.25, 0.3) is 5.91 Å². The maximum absolute atomic E-state index is 12.4. The molecule has 1 amide bonds. The number of carbonyl (C=O) groups excluding carboxylic acids is 1. The summed E-state index contributed by atoms with van der Waals surface area (Å²) < 4.78 is 0. The first-order valence-corrected chi connectivity index (χ1v) is 8.03. The van der Waals surface area contributed by atoms with E-state index < -0.39 is 0 Å². The molecule has 0 saturated heterocycles. The second kappa shape index (κ2) is 7.91. The Balaban J connectivity index is 0.00000200. The summed E-state index contributed by atoms with van der Waals surface area (Å²) in [5, 5.41) is 3.16. The molecular formula is C15H23ClN2OS. The van der Waals surface area contributed by atoms with E-state index in [1.807, 2.05) is 25.3 Å². The average molecular weight is 315 g/mol. The third-order valence-electron chi connectivity index (χ3n) is 3.97. The molecule has 0 bridgehead atoms. The van der Waals surface area contributed by atoms with Gasteiger partial charge in [-0.25, -0.2) is 0 Å². The largest absolute Gasteiger partial charge is 0.349 e. The summed E-state index contributed by atoms with van der Waals surface area (Å²) >= 11 is 1.66. The predicted molar refractivity (Wildman–Crippen MR) is 87.9 cm³/mol. The molecule has 2 atom stereocenters. The van der Waals surface area contributed by atoms with Crippen molar-refractivity contribution < 1.29 is 4.79 Å². The molecule has 1 saturated carbocycles. The van der Waals surface area contributed by atoms with Crippen LogP contribution in [0.25, 0.3) is 0 Å². The van der Waals surface area contributed by atoms with Gasteiger partial charge in [-0.1, -0.05) is 12.5 Å². The number of halogens is 1. The number of rotatable bonds is 4. The van der Waals surface area contributed by atoms with Gasteiger partial charge in [0.2, 0.25) is 0 Å². The van der Waals surface area contributed by atoms with Crippen molar-refractivity contribution in [2.75, 3.05) is 12.8 Å². The molecule has 1 aliphatic rings. The zero-order chi connectivity index (χ0) is 13.8. The van der Waals surface area contributed by atoms with Gasteiger partial charge in [-0.3, -0.25) is 4.79 Å². The van der Waals surface area contributed by atoms with Crippen molar-refractivity contribution in [3.8, 4) is 0 Å². The van der Waals surface area contributed by atoms with Crippen molar-refractivity contribution in [1.82, 2.24) is 5.32 Å². The summed E-state index contributed by atoms with van der Waals surface area (Å²) in [5.41, 5.74) is 7.57. The van der Waals surface area contributed by atoms with Gasteiger partial charge < -0.3 is 11.1 Å². The van der Waals surface area contributed by atoms with Crippen LogP contribution in [0.3, 0.4) is 0 Å². The molecule has 0 heterocycles. The second-order valence-corrected chi connectivity index (χ2v) is 6.07. The van der Waals surface area contributed by atoms with E-state index in [2.05, 4.69) is 11.4 Å². The topological polar surface area (TPSA) is 55.1 Å². The molecule has 112 valence electrons. The Bertz CT molecular complexity index is 467. The molecule has 20 heavy (non-hydrogen) atoms. The zero-order valence-corrected chi connectivity index (χ0v) is 13.7. The fraction of sp³-hybridized carbons (Fsp3) is 0.533. The highest BCUT2D eigenvalue weighted by atomic mass is 35.5. The first kappa shape index (κ1) is 17.3. The number of aryl methyl sites for hydroxylation is 1. The Morgan fingerprint density at radius 1 is 1.45 bits per heavy atom. The lowest BCUT2D eigenvalue weighted by Crippen LogP contribution is -2.40. The first-order valence-electron chi connectivity index (χ1n) is 6.81. The van der Waals surface area contributed by atoms with Crippen molar-refractivity contribution in [1.29, 1.82) is 0 Å². The lowest BCUT2D eigenvalue weighted by atomic mass is 10.0. The third kappa shape index (κ3) is 3.90. The molecular weight excluding hydrogens is 292 g/mol. The maximum atomic E-state index is 12.4. The summed E-state index contributed by atoms with van der Waals surface area (Å²) in [4.78, 5) is 13.5. The number of benzene rings is 1. The quantitative estimate of drug-likeness (QED) is 0.840. The van der Waals surface area contributed by atoms with Gasteiger partial charge in [-0.2, -0.15) is 0 Å². The van der Waals surface area contributed by atoms with Crippen LogP contribution in [-0.2, 0) is 0 Å². The summed E-state index contributed by atoms with van der Waals surface area (Å²) in [6.07, 6.45) is 5.37. The van der Waals surface area contributed by atoms with Gasteiger partial charge in [-0.15, -0.1) is 24.2 Å². The minimum atomic E-state index is 0. The minimum Gasteiger partial charge on any atom is -0.349 e. The van der Waals surface area contributed by atoms with E-state index in [1.165, 1.54) is 0 Å². The van der Waals surface area contributed by atoms with E-state index >= 15 is 0 Å². The van der Waals surface area contributed by atoms with Crippen LogP contribution in [0.5, 0.6) is 0 Å². The Morgan fingerprint density at radius 2 is 2.20 bits per heavy atom. The van der Waals surface area contributed by atoms with Gasteiger partial charge in [0, 0.05) is 16.5 Å². The molecule has 0 radical (unpaired) electrons. The van der Waals surface area contributed by atoms with Crippen molar-refractivity contribution >= 4 is 30.1 Å². The highest BCUT2D eigenvalue weighted by Crippen LogP contribution is 2.25. The van der Waals surface area contributed by atoms with E-state index in [0.29, 0.717) is 12.5 Å². The molecule has 1 aliphatic carbocycles. The third-order valence-corrected chi connectivity index (χ3v) is 4.69. The van der Waals surface area contributed by atoms with Crippen molar-refractivity contribution in [3.05, 3.63) is 29.3 Å². The van der Waals surface area contributed by atoms with Crippen molar-refractivity contribution in [3.63, 3.8) is 0 Å². The fourth-order valence-electron chi connectivity index (χ4n) is 2.73. The highest BCUT2D eigenvalue weighted by Gasteiger charge is 2.27. The van der Waals surface area contributed by atoms with Crippen LogP contribution in [0.2, 0.25) is 0 Å². The van der Waals surface area contributed by atoms with Crippen LogP contribution in [0, 0.1) is 12.8 Å². The van der Waals surface area contributed by atoms with Crippen LogP contribution in [0.1, 0.15) is 35.2 Å². The van der Waals surface area contributed by atoms with Gasteiger partial charge >= 0.3 is 0 Å². The van der Waals surface area contributed by atoms with Crippen molar-refractivity contribution in [2.45, 2.75) is 37.1 Å². The number of nitrogens with two attached hydrogens (primary N) is 1. The minimum absolute atomic E-state index is 0. The van der Waals surface area contributed by atoms with Crippen LogP contribution >= 0.6 is 24.2 Å². The lowest BCUT2D eigenvalue weighted by molar-refractivity contribution is 0.0928. The first-order chi connectivity index (χ1) is 9.15. The van der Waals surface area contributed by atoms with Crippen LogP contribution < -0.4 is 11.1 Å². The smallest absolute Gasteiger partial charge is 0.251 e. The number of hydrogen-bond acceptors (Lipinski definition) is 3. The molecule has 0 spiro atoms. The molecule has 0 aromatic heterocycles. The number of thioether (sulfide) groups is 1. The normalized spacial score (nSPS) is 21.4. The Morgan fingerprint density at radius 3 is 2.85 bits per heavy atom. The maximum Gasteiger partial charge on any atom is 0.251 e. The van der Waals surface area contributed by atoms with E-state index in [9.17, 15) is 4.79 Å². The summed E-state index contributed by atoms with van der Waals surface area (Å²) in [6, 6.07) is 6.28. The molecule has 0 aliphatic heterocycles. The number of amides is 1. The molecule has 1 fully saturated rings. The second-order valence-electron chi connectivity index (χ2n) is 5.19. The standard InChI is InChI=1S/C15H22N2OS.ClH/c1-10-6-7-12(19-2)8-13(10)15(18)17-14-5-3-4-11(14)9-16;/h6-8,11,14H,3-5,9,16H2,1-2H3,(H,17,18);1H. The number of carbonyl (C=O) groups is 1. The fourth-order valence-corrected chi connectivity index (χ4v) is 3.17. The average Bonchev–Trinajstić information content (AvgIpc) is 2.86. The molecule has 3 nitrogen and oxygen atoms in total. The zero-order valence-electron chi connectivity index (χ0n) is 12.0. The van der Waals surface area contributed by atoms with E-state index in [1.54, 1.807) is 11.8 Å². The van der Waals surface area contributed by atoms with Gasteiger partial charge in [-0.05, 0) is 56.2 Å². The lowest BCUT2D eigenvalue weighted by Gasteiger charge is -2.20. The number of nitrogens with one attached hydrogen (secondary N) is 1. The Kier molecular flexibility index (Phi) is 6.86. The van der Waals surface area contributed by atoms with Crippen LogP contribution in [-0.4, -0.2) is 24.7 Å². The molecule has 2 rings (SSSR count). The Labute approximate surface area is 131 Å². The SMILES string of the molecule is CSc1ccc(C)c(C(=O)NC2CCCC2CN)c1.Cl. The van der Waals surface area contributed by atoms with Gasteiger partial charge in [0.15, 0.2) is 0 Å². The monoisotopic (exact) mass is 314 g/mol. The van der Waals surface area contributed by atoms with Crippen LogP contribution in [0.15, 0.2) is 23.1 Å². The molecule has 1 aromatic carbocycles. The summed E-state index contributed by atoms with van der Waals surface area (Å²) in [7, 11) is 0.